The summed E-state index contributed by atoms with van der Waals surface area (Å²) < 4.78 is 0. The van der Waals surface area contributed by atoms with Crippen LogP contribution < -0.4 is 16.4 Å². The van der Waals surface area contributed by atoms with Gasteiger partial charge in [0, 0.05) is 12.5 Å². The zero-order chi connectivity index (χ0) is 13.0. The smallest absolute Gasteiger partial charge is 0.242 e. The molecule has 1 aliphatic carbocycles. The van der Waals surface area contributed by atoms with Crippen LogP contribution in [0.3, 0.4) is 0 Å². The van der Waals surface area contributed by atoms with E-state index in [9.17, 15) is 9.59 Å². The first-order valence-electron chi connectivity index (χ1n) is 7.00. The Bertz CT molecular complexity index is 325. The minimum Gasteiger partial charge on any atom is -0.354 e. The normalized spacial score (nSPS) is 31.0. The van der Waals surface area contributed by atoms with E-state index in [-0.39, 0.29) is 36.2 Å². The van der Waals surface area contributed by atoms with Crippen molar-refractivity contribution >= 4 is 24.2 Å². The van der Waals surface area contributed by atoms with E-state index in [4.69, 9.17) is 5.73 Å². The maximum Gasteiger partial charge on any atom is 0.242 e. The average Bonchev–Trinajstić information content (AvgIpc) is 2.76. The summed E-state index contributed by atoms with van der Waals surface area (Å²) in [6, 6.07) is -0.348. The second kappa shape index (κ2) is 7.70. The third kappa shape index (κ3) is 4.08. The molecule has 1 saturated heterocycles. The number of carbonyl (C=O) groups excluding carboxylic acids is 2. The summed E-state index contributed by atoms with van der Waals surface area (Å²) in [5, 5.41) is 5.75. The molecule has 5 nitrogen and oxygen atoms in total. The van der Waals surface area contributed by atoms with Crippen molar-refractivity contribution in [3.63, 3.8) is 0 Å². The number of halogens is 1. The number of hydrogen-bond donors (Lipinski definition) is 3. The van der Waals surface area contributed by atoms with Gasteiger partial charge in [-0.3, -0.25) is 9.59 Å². The molecule has 2 fully saturated rings. The molecule has 3 atom stereocenters. The van der Waals surface area contributed by atoms with Gasteiger partial charge in [-0.1, -0.05) is 6.42 Å². The largest absolute Gasteiger partial charge is 0.354 e. The molecule has 2 rings (SSSR count). The molecule has 1 saturated carbocycles. The molecule has 1 unspecified atom stereocenters. The van der Waals surface area contributed by atoms with Gasteiger partial charge in [0.05, 0.1) is 0 Å². The summed E-state index contributed by atoms with van der Waals surface area (Å²) >= 11 is 0. The third-order valence-electron chi connectivity index (χ3n) is 4.15. The summed E-state index contributed by atoms with van der Waals surface area (Å²) in [7, 11) is 0. The Morgan fingerprint density at radius 1 is 1.26 bits per heavy atom. The predicted octanol–water partition coefficient (Wildman–Crippen LogP) is 0.568. The summed E-state index contributed by atoms with van der Waals surface area (Å²) in [4.78, 5) is 24.0. The summed E-state index contributed by atoms with van der Waals surface area (Å²) in [6.45, 7) is 1.29. The van der Waals surface area contributed by atoms with Crippen LogP contribution in [0.4, 0.5) is 0 Å². The summed E-state index contributed by atoms with van der Waals surface area (Å²) in [5.41, 5.74) is 5.69. The van der Waals surface area contributed by atoms with Gasteiger partial charge in [-0.25, -0.2) is 0 Å². The molecule has 2 aliphatic rings. The lowest BCUT2D eigenvalue weighted by Crippen LogP contribution is -2.48. The van der Waals surface area contributed by atoms with Crippen molar-refractivity contribution in [2.45, 2.75) is 44.6 Å². The van der Waals surface area contributed by atoms with Crippen molar-refractivity contribution in [2.75, 3.05) is 13.1 Å². The van der Waals surface area contributed by atoms with Crippen molar-refractivity contribution < 1.29 is 9.59 Å². The molecule has 0 aromatic heterocycles. The van der Waals surface area contributed by atoms with Gasteiger partial charge >= 0.3 is 0 Å². The van der Waals surface area contributed by atoms with E-state index in [1.165, 1.54) is 0 Å². The molecule has 6 heteroatoms. The molecule has 110 valence electrons. The first kappa shape index (κ1) is 16.2. The molecular weight excluding hydrogens is 266 g/mol. The zero-order valence-corrected chi connectivity index (χ0v) is 12.0. The highest BCUT2D eigenvalue weighted by Gasteiger charge is 2.34. The van der Waals surface area contributed by atoms with Gasteiger partial charge in [0.1, 0.15) is 6.04 Å². The number of hydrogen-bond acceptors (Lipinski definition) is 3. The van der Waals surface area contributed by atoms with E-state index in [2.05, 4.69) is 10.6 Å². The molecule has 19 heavy (non-hydrogen) atoms. The third-order valence-corrected chi connectivity index (χ3v) is 4.15. The van der Waals surface area contributed by atoms with Crippen LogP contribution in [-0.2, 0) is 9.59 Å². The van der Waals surface area contributed by atoms with E-state index < -0.39 is 0 Å². The minimum atomic E-state index is -0.348. The Labute approximate surface area is 120 Å². The molecule has 0 aromatic rings. The van der Waals surface area contributed by atoms with E-state index in [1.807, 2.05) is 0 Å². The Balaban J connectivity index is 0.00000180. The quantitative estimate of drug-likeness (QED) is 0.710. The van der Waals surface area contributed by atoms with Gasteiger partial charge in [-0.2, -0.15) is 0 Å². The molecule has 0 aromatic carbocycles. The van der Waals surface area contributed by atoms with Crippen molar-refractivity contribution in [3.05, 3.63) is 0 Å². The number of carbonyl (C=O) groups is 2. The van der Waals surface area contributed by atoms with Crippen molar-refractivity contribution in [2.24, 2.45) is 17.6 Å². The van der Waals surface area contributed by atoms with Crippen LogP contribution in [-0.4, -0.2) is 30.9 Å². The van der Waals surface area contributed by atoms with E-state index in [0.29, 0.717) is 12.5 Å². The first-order valence-corrected chi connectivity index (χ1v) is 7.00. The highest BCUT2D eigenvalue weighted by molar-refractivity contribution is 5.88. The lowest BCUT2D eigenvalue weighted by molar-refractivity contribution is -0.131. The maximum absolute atomic E-state index is 12.2. The van der Waals surface area contributed by atoms with Crippen LogP contribution in [0, 0.1) is 11.8 Å². The highest BCUT2D eigenvalue weighted by atomic mass is 35.5. The molecule has 1 heterocycles. The second-order valence-electron chi connectivity index (χ2n) is 5.38. The number of nitrogens with one attached hydrogen (secondary N) is 2. The summed E-state index contributed by atoms with van der Waals surface area (Å²) in [6.07, 6.45) is 5.73. The van der Waals surface area contributed by atoms with E-state index in [1.54, 1.807) is 0 Å². The highest BCUT2D eigenvalue weighted by Crippen LogP contribution is 2.31. The second-order valence-corrected chi connectivity index (χ2v) is 5.38. The Hall–Kier alpha value is -0.810. The lowest BCUT2D eigenvalue weighted by Gasteiger charge is -2.21. The number of amides is 2. The fourth-order valence-electron chi connectivity index (χ4n) is 3.02. The fourth-order valence-corrected chi connectivity index (χ4v) is 3.02. The van der Waals surface area contributed by atoms with E-state index >= 15 is 0 Å². The minimum absolute atomic E-state index is 0. The molecule has 0 spiro atoms. The Morgan fingerprint density at radius 3 is 2.79 bits per heavy atom. The molecule has 0 radical (unpaired) electrons. The molecule has 1 aliphatic heterocycles. The first-order chi connectivity index (χ1) is 8.72. The molecular formula is C13H24ClN3O2. The zero-order valence-electron chi connectivity index (χ0n) is 11.2. The topological polar surface area (TPSA) is 84.2 Å². The maximum atomic E-state index is 12.2. The number of rotatable bonds is 3. The van der Waals surface area contributed by atoms with Crippen LogP contribution in [0.15, 0.2) is 0 Å². The monoisotopic (exact) mass is 289 g/mol. The average molecular weight is 290 g/mol. The Kier molecular flexibility index (Phi) is 6.58. The van der Waals surface area contributed by atoms with Crippen LogP contribution >= 0.6 is 12.4 Å². The van der Waals surface area contributed by atoms with Crippen LogP contribution in [0.5, 0.6) is 0 Å². The molecule has 4 N–H and O–H groups in total. The van der Waals surface area contributed by atoms with Crippen LogP contribution in [0.2, 0.25) is 0 Å². The van der Waals surface area contributed by atoms with Crippen molar-refractivity contribution in [1.29, 1.82) is 0 Å². The SMILES string of the molecule is Cl.NC[C@H]1CCC[C@H]1C(=O)NC1CCCCNC1=O. The van der Waals surface area contributed by atoms with Crippen LogP contribution in [0.1, 0.15) is 38.5 Å². The van der Waals surface area contributed by atoms with Gasteiger partial charge in [0.25, 0.3) is 0 Å². The van der Waals surface area contributed by atoms with Gasteiger partial charge in [0.2, 0.25) is 11.8 Å². The van der Waals surface area contributed by atoms with Crippen LogP contribution in [0.25, 0.3) is 0 Å². The number of nitrogens with two attached hydrogens (primary N) is 1. The lowest BCUT2D eigenvalue weighted by atomic mass is 9.95. The predicted molar refractivity (Wildman–Crippen MR) is 75.9 cm³/mol. The molecule has 2 amide bonds. The van der Waals surface area contributed by atoms with Gasteiger partial charge < -0.3 is 16.4 Å². The standard InChI is InChI=1S/C13H23N3O2.ClH/c14-8-9-4-3-5-10(9)12(17)16-11-6-1-2-7-15-13(11)18;/h9-11H,1-8,14H2,(H,15,18)(H,16,17);1H/t9-,10-,11?;/m1./s1. The molecule has 0 bridgehead atoms. The van der Waals surface area contributed by atoms with Gasteiger partial charge in [-0.15, -0.1) is 12.4 Å². The van der Waals surface area contributed by atoms with Gasteiger partial charge in [-0.05, 0) is 44.6 Å². The van der Waals surface area contributed by atoms with E-state index in [0.717, 1.165) is 45.1 Å². The van der Waals surface area contributed by atoms with Gasteiger partial charge in [0.15, 0.2) is 0 Å². The van der Waals surface area contributed by atoms with Crippen molar-refractivity contribution in [1.82, 2.24) is 10.6 Å². The Morgan fingerprint density at radius 2 is 2.05 bits per heavy atom. The fraction of sp³-hybridized carbons (Fsp3) is 0.846. The summed E-state index contributed by atoms with van der Waals surface area (Å²) in [5.74, 6) is 0.276. The van der Waals surface area contributed by atoms with Crippen molar-refractivity contribution in [3.8, 4) is 0 Å².